The molecular weight excluding hydrogens is 222 g/mol. The monoisotopic (exact) mass is 247 g/mol. The normalized spacial score (nSPS) is 17.6. The molecule has 0 saturated heterocycles. The molecule has 0 amide bonds. The molecule has 2 rings (SSSR count). The van der Waals surface area contributed by atoms with E-state index in [4.69, 9.17) is 10.5 Å². The number of hydrogen-bond acceptors (Lipinski definition) is 2. The largest absolute Gasteiger partial charge is 0.399 e. The van der Waals surface area contributed by atoms with Crippen molar-refractivity contribution < 1.29 is 4.74 Å². The fourth-order valence-electron chi connectivity index (χ4n) is 2.73. The lowest BCUT2D eigenvalue weighted by molar-refractivity contribution is 0.0816. The van der Waals surface area contributed by atoms with Gasteiger partial charge in [0.2, 0.25) is 0 Å². The van der Waals surface area contributed by atoms with E-state index in [-0.39, 0.29) is 0 Å². The zero-order valence-corrected chi connectivity index (χ0v) is 11.5. The van der Waals surface area contributed by atoms with Gasteiger partial charge in [-0.3, -0.25) is 0 Å². The summed E-state index contributed by atoms with van der Waals surface area (Å²) in [5.41, 5.74) is 9.16. The standard InChI is InChI=1S/C16H25NO/c1-13-15(9-6-10-16(13)17)12-18-11-14-7-4-2-3-5-8-14/h6,9-10,14H,2-5,7-8,11-12,17H2,1H3. The highest BCUT2D eigenvalue weighted by molar-refractivity contribution is 5.49. The second kappa shape index (κ2) is 6.79. The van der Waals surface area contributed by atoms with Crippen LogP contribution in [-0.4, -0.2) is 6.61 Å². The molecule has 2 heteroatoms. The lowest BCUT2D eigenvalue weighted by Gasteiger charge is -2.15. The first kappa shape index (κ1) is 13.4. The quantitative estimate of drug-likeness (QED) is 0.643. The van der Waals surface area contributed by atoms with Crippen LogP contribution in [0, 0.1) is 12.8 Å². The van der Waals surface area contributed by atoms with Crippen LogP contribution in [0.2, 0.25) is 0 Å². The highest BCUT2D eigenvalue weighted by Gasteiger charge is 2.12. The second-order valence-electron chi connectivity index (χ2n) is 5.50. The summed E-state index contributed by atoms with van der Waals surface area (Å²) in [6, 6.07) is 6.07. The molecule has 0 radical (unpaired) electrons. The maximum absolute atomic E-state index is 5.90. The molecule has 1 saturated carbocycles. The van der Waals surface area contributed by atoms with Gasteiger partial charge in [-0.1, -0.05) is 37.8 Å². The Morgan fingerprint density at radius 2 is 1.89 bits per heavy atom. The summed E-state index contributed by atoms with van der Waals surface area (Å²) in [7, 11) is 0. The maximum Gasteiger partial charge on any atom is 0.0720 e. The summed E-state index contributed by atoms with van der Waals surface area (Å²) in [5, 5.41) is 0. The summed E-state index contributed by atoms with van der Waals surface area (Å²) in [4.78, 5) is 0. The molecule has 0 aromatic heterocycles. The third kappa shape index (κ3) is 3.74. The fourth-order valence-corrected chi connectivity index (χ4v) is 2.73. The number of rotatable bonds is 4. The lowest BCUT2D eigenvalue weighted by Crippen LogP contribution is -2.09. The number of ether oxygens (including phenoxy) is 1. The Balaban J connectivity index is 1.79. The predicted molar refractivity (Wildman–Crippen MR) is 76.4 cm³/mol. The average molecular weight is 247 g/mol. The van der Waals surface area contributed by atoms with Crippen molar-refractivity contribution in [1.82, 2.24) is 0 Å². The minimum atomic E-state index is 0.702. The van der Waals surface area contributed by atoms with E-state index < -0.39 is 0 Å². The van der Waals surface area contributed by atoms with Crippen LogP contribution in [0.3, 0.4) is 0 Å². The summed E-state index contributed by atoms with van der Waals surface area (Å²) in [6.07, 6.45) is 8.26. The average Bonchev–Trinajstić information content (AvgIpc) is 2.63. The Kier molecular flexibility index (Phi) is 5.06. The van der Waals surface area contributed by atoms with E-state index in [9.17, 15) is 0 Å². The lowest BCUT2D eigenvalue weighted by atomic mass is 10.0. The molecule has 100 valence electrons. The third-order valence-electron chi connectivity index (χ3n) is 4.07. The molecule has 18 heavy (non-hydrogen) atoms. The SMILES string of the molecule is Cc1c(N)cccc1COCC1CCCCCC1. The predicted octanol–water partition coefficient (Wildman–Crippen LogP) is 4.06. The molecular formula is C16H25NO. The van der Waals surface area contributed by atoms with Gasteiger partial charge in [-0.05, 0) is 42.9 Å². The van der Waals surface area contributed by atoms with Crippen LogP contribution in [0.25, 0.3) is 0 Å². The first-order valence-electron chi connectivity index (χ1n) is 7.19. The van der Waals surface area contributed by atoms with E-state index in [1.165, 1.54) is 49.7 Å². The van der Waals surface area contributed by atoms with Gasteiger partial charge in [0.15, 0.2) is 0 Å². The van der Waals surface area contributed by atoms with Crippen LogP contribution in [0.15, 0.2) is 18.2 Å². The zero-order chi connectivity index (χ0) is 12.8. The van der Waals surface area contributed by atoms with Crippen molar-refractivity contribution in [3.63, 3.8) is 0 Å². The maximum atomic E-state index is 5.90. The molecule has 2 nitrogen and oxygen atoms in total. The molecule has 2 N–H and O–H groups in total. The van der Waals surface area contributed by atoms with E-state index in [2.05, 4.69) is 13.0 Å². The van der Waals surface area contributed by atoms with Crippen LogP contribution in [0.5, 0.6) is 0 Å². The van der Waals surface area contributed by atoms with Gasteiger partial charge in [-0.15, -0.1) is 0 Å². The Hall–Kier alpha value is -1.02. The smallest absolute Gasteiger partial charge is 0.0720 e. The number of nitrogens with two attached hydrogens (primary N) is 1. The molecule has 1 aliphatic rings. The van der Waals surface area contributed by atoms with Crippen LogP contribution in [0.1, 0.15) is 49.7 Å². The van der Waals surface area contributed by atoms with Crippen molar-refractivity contribution in [1.29, 1.82) is 0 Å². The van der Waals surface area contributed by atoms with Crippen LogP contribution >= 0.6 is 0 Å². The van der Waals surface area contributed by atoms with Crippen molar-refractivity contribution in [3.05, 3.63) is 29.3 Å². The van der Waals surface area contributed by atoms with Crippen LogP contribution in [0.4, 0.5) is 5.69 Å². The summed E-state index contributed by atoms with van der Waals surface area (Å²) >= 11 is 0. The molecule has 1 aromatic carbocycles. The topological polar surface area (TPSA) is 35.2 Å². The van der Waals surface area contributed by atoms with Crippen molar-refractivity contribution in [2.24, 2.45) is 5.92 Å². The van der Waals surface area contributed by atoms with E-state index in [0.717, 1.165) is 18.2 Å². The van der Waals surface area contributed by atoms with Crippen molar-refractivity contribution >= 4 is 5.69 Å². The first-order valence-corrected chi connectivity index (χ1v) is 7.19. The Morgan fingerprint density at radius 1 is 1.17 bits per heavy atom. The van der Waals surface area contributed by atoms with Gasteiger partial charge in [0.1, 0.15) is 0 Å². The van der Waals surface area contributed by atoms with Gasteiger partial charge in [-0.25, -0.2) is 0 Å². The first-order chi connectivity index (χ1) is 8.77. The summed E-state index contributed by atoms with van der Waals surface area (Å²) in [6.45, 7) is 3.68. The second-order valence-corrected chi connectivity index (χ2v) is 5.50. The van der Waals surface area contributed by atoms with Crippen molar-refractivity contribution in [2.75, 3.05) is 12.3 Å². The molecule has 1 aromatic rings. The van der Waals surface area contributed by atoms with E-state index in [0.29, 0.717) is 6.61 Å². The number of hydrogen-bond donors (Lipinski definition) is 1. The van der Waals surface area contributed by atoms with E-state index in [1.54, 1.807) is 0 Å². The van der Waals surface area contributed by atoms with Gasteiger partial charge in [0.25, 0.3) is 0 Å². The van der Waals surface area contributed by atoms with Gasteiger partial charge >= 0.3 is 0 Å². The molecule has 0 atom stereocenters. The Morgan fingerprint density at radius 3 is 2.61 bits per heavy atom. The highest BCUT2D eigenvalue weighted by Crippen LogP contribution is 2.23. The number of nitrogen functional groups attached to an aromatic ring is 1. The Labute approximate surface area is 111 Å². The van der Waals surface area contributed by atoms with Crippen LogP contribution in [-0.2, 0) is 11.3 Å². The minimum absolute atomic E-state index is 0.702. The van der Waals surface area contributed by atoms with Gasteiger partial charge in [0, 0.05) is 12.3 Å². The number of benzene rings is 1. The molecule has 0 aliphatic heterocycles. The minimum Gasteiger partial charge on any atom is -0.399 e. The molecule has 0 spiro atoms. The van der Waals surface area contributed by atoms with E-state index in [1.807, 2.05) is 12.1 Å². The fraction of sp³-hybridized carbons (Fsp3) is 0.625. The van der Waals surface area contributed by atoms with Gasteiger partial charge in [0.05, 0.1) is 6.61 Å². The van der Waals surface area contributed by atoms with Crippen LogP contribution < -0.4 is 5.73 Å². The molecule has 0 bridgehead atoms. The molecule has 0 unspecified atom stereocenters. The van der Waals surface area contributed by atoms with Gasteiger partial charge in [-0.2, -0.15) is 0 Å². The zero-order valence-electron chi connectivity index (χ0n) is 11.5. The van der Waals surface area contributed by atoms with Gasteiger partial charge < -0.3 is 10.5 Å². The van der Waals surface area contributed by atoms with Crippen molar-refractivity contribution in [2.45, 2.75) is 52.1 Å². The Bertz CT molecular complexity index is 367. The molecule has 1 aliphatic carbocycles. The van der Waals surface area contributed by atoms with Crippen molar-refractivity contribution in [3.8, 4) is 0 Å². The third-order valence-corrected chi connectivity index (χ3v) is 4.07. The van der Waals surface area contributed by atoms with E-state index >= 15 is 0 Å². The summed E-state index contributed by atoms with van der Waals surface area (Å²) < 4.78 is 5.90. The summed E-state index contributed by atoms with van der Waals surface area (Å²) in [5.74, 6) is 0.772. The molecule has 1 fully saturated rings. The molecule has 0 heterocycles. The highest BCUT2D eigenvalue weighted by atomic mass is 16.5. The number of anilines is 1.